The molecule has 0 amide bonds. The van der Waals surface area contributed by atoms with Gasteiger partial charge in [0.25, 0.3) is 0 Å². The van der Waals surface area contributed by atoms with Gasteiger partial charge in [0.1, 0.15) is 12.4 Å². The van der Waals surface area contributed by atoms with E-state index < -0.39 is 0 Å². The van der Waals surface area contributed by atoms with Crippen LogP contribution in [0.4, 0.5) is 0 Å². The SMILES string of the molecule is CCC(=O)OC/C=C/c1ccccc1OC(C)=O. The Hall–Kier alpha value is -2.10. The third-order valence-corrected chi connectivity index (χ3v) is 2.10. The van der Waals surface area contributed by atoms with E-state index in [1.165, 1.54) is 6.92 Å². The van der Waals surface area contributed by atoms with E-state index in [9.17, 15) is 9.59 Å². The zero-order valence-corrected chi connectivity index (χ0v) is 10.5. The van der Waals surface area contributed by atoms with Crippen molar-refractivity contribution in [3.63, 3.8) is 0 Å². The molecule has 0 saturated heterocycles. The van der Waals surface area contributed by atoms with Crippen LogP contribution in [0, 0.1) is 0 Å². The van der Waals surface area contributed by atoms with Crippen LogP contribution in [0.3, 0.4) is 0 Å². The third kappa shape index (κ3) is 4.82. The predicted molar refractivity (Wildman–Crippen MR) is 68.0 cm³/mol. The van der Waals surface area contributed by atoms with Crippen LogP contribution in [-0.2, 0) is 14.3 Å². The Morgan fingerprint density at radius 3 is 2.67 bits per heavy atom. The lowest BCUT2D eigenvalue weighted by atomic mass is 10.2. The number of esters is 2. The molecule has 4 nitrogen and oxygen atoms in total. The molecule has 0 fully saturated rings. The van der Waals surface area contributed by atoms with Gasteiger partial charge in [-0.1, -0.05) is 31.2 Å². The monoisotopic (exact) mass is 248 g/mol. The molecule has 0 aliphatic heterocycles. The van der Waals surface area contributed by atoms with Gasteiger partial charge in [-0.05, 0) is 12.1 Å². The van der Waals surface area contributed by atoms with Gasteiger partial charge in [-0.3, -0.25) is 9.59 Å². The van der Waals surface area contributed by atoms with Crippen molar-refractivity contribution in [1.29, 1.82) is 0 Å². The molecule has 4 heteroatoms. The molecule has 0 aromatic heterocycles. The smallest absolute Gasteiger partial charge is 0.308 e. The van der Waals surface area contributed by atoms with Crippen LogP contribution in [0.2, 0.25) is 0 Å². The van der Waals surface area contributed by atoms with Gasteiger partial charge in [0.05, 0.1) is 0 Å². The van der Waals surface area contributed by atoms with E-state index in [0.717, 1.165) is 5.56 Å². The van der Waals surface area contributed by atoms with Crippen LogP contribution >= 0.6 is 0 Å². The Morgan fingerprint density at radius 2 is 2.00 bits per heavy atom. The molecular formula is C14H16O4. The molecule has 0 saturated carbocycles. The second-order valence-corrected chi connectivity index (χ2v) is 3.57. The highest BCUT2D eigenvalue weighted by Crippen LogP contribution is 2.19. The van der Waals surface area contributed by atoms with E-state index >= 15 is 0 Å². The second-order valence-electron chi connectivity index (χ2n) is 3.57. The van der Waals surface area contributed by atoms with Crippen LogP contribution in [0.1, 0.15) is 25.8 Å². The summed E-state index contributed by atoms with van der Waals surface area (Å²) >= 11 is 0. The summed E-state index contributed by atoms with van der Waals surface area (Å²) in [4.78, 5) is 21.8. The first-order valence-electron chi connectivity index (χ1n) is 5.73. The summed E-state index contributed by atoms with van der Waals surface area (Å²) in [7, 11) is 0. The first-order valence-corrected chi connectivity index (χ1v) is 5.73. The quantitative estimate of drug-likeness (QED) is 0.593. The van der Waals surface area contributed by atoms with Crippen LogP contribution in [0.25, 0.3) is 6.08 Å². The summed E-state index contributed by atoms with van der Waals surface area (Å²) in [5.74, 6) is -0.121. The summed E-state index contributed by atoms with van der Waals surface area (Å²) in [6.45, 7) is 3.30. The summed E-state index contributed by atoms with van der Waals surface area (Å²) in [6, 6.07) is 7.15. The molecule has 1 aromatic carbocycles. The normalized spacial score (nSPS) is 10.3. The predicted octanol–water partition coefficient (Wildman–Crippen LogP) is 2.58. The van der Waals surface area contributed by atoms with Crippen LogP contribution < -0.4 is 4.74 Å². The minimum Gasteiger partial charge on any atom is -0.461 e. The zero-order valence-electron chi connectivity index (χ0n) is 10.5. The first-order chi connectivity index (χ1) is 8.63. The van der Waals surface area contributed by atoms with E-state index in [1.54, 1.807) is 31.2 Å². The van der Waals surface area contributed by atoms with Gasteiger partial charge in [0, 0.05) is 18.9 Å². The highest BCUT2D eigenvalue weighted by Gasteiger charge is 2.02. The Labute approximate surface area is 106 Å². The third-order valence-electron chi connectivity index (χ3n) is 2.10. The highest BCUT2D eigenvalue weighted by molar-refractivity contribution is 5.72. The van der Waals surface area contributed by atoms with Crippen LogP contribution in [-0.4, -0.2) is 18.5 Å². The molecule has 0 aliphatic carbocycles. The average Bonchev–Trinajstić information content (AvgIpc) is 2.35. The second kappa shape index (κ2) is 7.27. The van der Waals surface area contributed by atoms with Crippen molar-refractivity contribution in [3.8, 4) is 5.75 Å². The van der Waals surface area contributed by atoms with Gasteiger partial charge in [0.15, 0.2) is 0 Å². The van der Waals surface area contributed by atoms with E-state index in [4.69, 9.17) is 9.47 Å². The number of ether oxygens (including phenoxy) is 2. The maximum Gasteiger partial charge on any atom is 0.308 e. The minimum atomic E-state index is -0.367. The Bertz CT molecular complexity index is 449. The van der Waals surface area contributed by atoms with E-state index in [-0.39, 0.29) is 18.5 Å². The van der Waals surface area contributed by atoms with E-state index in [0.29, 0.717) is 12.2 Å². The average molecular weight is 248 g/mol. The molecule has 0 aliphatic rings. The lowest BCUT2D eigenvalue weighted by Gasteiger charge is -2.04. The number of hydrogen-bond donors (Lipinski definition) is 0. The molecule has 96 valence electrons. The van der Waals surface area contributed by atoms with Crippen molar-refractivity contribution in [3.05, 3.63) is 35.9 Å². The molecule has 0 spiro atoms. The lowest BCUT2D eigenvalue weighted by molar-refractivity contribution is -0.142. The fourth-order valence-electron chi connectivity index (χ4n) is 1.28. The standard InChI is InChI=1S/C14H16O4/c1-3-14(16)17-10-6-8-12-7-4-5-9-13(12)18-11(2)15/h4-9H,3,10H2,1-2H3/b8-6+. The molecular weight excluding hydrogens is 232 g/mol. The molecule has 18 heavy (non-hydrogen) atoms. The summed E-state index contributed by atoms with van der Waals surface area (Å²) < 4.78 is 9.95. The minimum absolute atomic E-state index is 0.209. The maximum atomic E-state index is 10.9. The highest BCUT2D eigenvalue weighted by atomic mass is 16.5. The number of benzene rings is 1. The van der Waals surface area contributed by atoms with Crippen molar-refractivity contribution in [1.82, 2.24) is 0 Å². The number of carbonyl (C=O) groups is 2. The zero-order chi connectivity index (χ0) is 13.4. The number of rotatable bonds is 5. The molecule has 0 N–H and O–H groups in total. The van der Waals surface area contributed by atoms with Crippen LogP contribution in [0.5, 0.6) is 5.75 Å². The van der Waals surface area contributed by atoms with Crippen LogP contribution in [0.15, 0.2) is 30.3 Å². The first kappa shape index (κ1) is 14.0. The summed E-state index contributed by atoms with van der Waals surface area (Å²) in [6.07, 6.45) is 3.81. The molecule has 0 heterocycles. The van der Waals surface area contributed by atoms with Gasteiger partial charge in [-0.2, -0.15) is 0 Å². The van der Waals surface area contributed by atoms with Crippen molar-refractivity contribution < 1.29 is 19.1 Å². The molecule has 0 bridgehead atoms. The molecule has 0 radical (unpaired) electrons. The topological polar surface area (TPSA) is 52.6 Å². The van der Waals surface area contributed by atoms with E-state index in [1.807, 2.05) is 12.1 Å². The fourth-order valence-corrected chi connectivity index (χ4v) is 1.28. The van der Waals surface area contributed by atoms with Gasteiger partial charge in [-0.15, -0.1) is 0 Å². The molecule has 0 atom stereocenters. The van der Waals surface area contributed by atoms with E-state index in [2.05, 4.69) is 0 Å². The number of hydrogen-bond acceptors (Lipinski definition) is 4. The van der Waals surface area contributed by atoms with Gasteiger partial charge in [0.2, 0.25) is 0 Å². The molecule has 1 rings (SSSR count). The van der Waals surface area contributed by atoms with Gasteiger partial charge >= 0.3 is 11.9 Å². The van der Waals surface area contributed by atoms with Crippen molar-refractivity contribution in [2.75, 3.05) is 6.61 Å². The Morgan fingerprint density at radius 1 is 1.28 bits per heavy atom. The largest absolute Gasteiger partial charge is 0.461 e. The van der Waals surface area contributed by atoms with Crippen molar-refractivity contribution >= 4 is 18.0 Å². The Kier molecular flexibility index (Phi) is 5.64. The molecule has 0 unspecified atom stereocenters. The van der Waals surface area contributed by atoms with Gasteiger partial charge < -0.3 is 9.47 Å². The number of carbonyl (C=O) groups excluding carboxylic acids is 2. The number of para-hydroxylation sites is 1. The lowest BCUT2D eigenvalue weighted by Crippen LogP contribution is -2.03. The summed E-state index contributed by atoms with van der Waals surface area (Å²) in [5.41, 5.74) is 0.764. The summed E-state index contributed by atoms with van der Waals surface area (Å²) in [5, 5.41) is 0. The fraction of sp³-hybridized carbons (Fsp3) is 0.286. The Balaban J connectivity index is 2.63. The molecule has 1 aromatic rings. The van der Waals surface area contributed by atoms with Crippen molar-refractivity contribution in [2.45, 2.75) is 20.3 Å². The maximum absolute atomic E-state index is 10.9. The van der Waals surface area contributed by atoms with Crippen molar-refractivity contribution in [2.24, 2.45) is 0 Å². The van der Waals surface area contributed by atoms with Gasteiger partial charge in [-0.25, -0.2) is 0 Å².